The van der Waals surface area contributed by atoms with Gasteiger partial charge in [0.15, 0.2) is 17.6 Å². The van der Waals surface area contributed by atoms with E-state index >= 15 is 0 Å². The zero-order valence-corrected chi connectivity index (χ0v) is 32.9. The maximum atomic E-state index is 12.4. The van der Waals surface area contributed by atoms with Crippen LogP contribution in [0.3, 0.4) is 0 Å². The molecule has 17 nitrogen and oxygen atoms in total. The van der Waals surface area contributed by atoms with Crippen LogP contribution >= 0.6 is 0 Å². The second-order valence-corrected chi connectivity index (χ2v) is 15.6. The van der Waals surface area contributed by atoms with Gasteiger partial charge >= 0.3 is 11.9 Å². The van der Waals surface area contributed by atoms with Gasteiger partial charge < -0.3 is 65.1 Å². The molecule has 0 amide bonds. The third-order valence-electron chi connectivity index (χ3n) is 11.7. The number of aliphatic hydroxyl groups is 3. The quantitative estimate of drug-likeness (QED) is 0.0595. The number of hydrogen-bond acceptors (Lipinski definition) is 15. The van der Waals surface area contributed by atoms with E-state index in [9.17, 15) is 24.9 Å². The fourth-order valence-electron chi connectivity index (χ4n) is 8.94. The minimum absolute atomic E-state index is 0.155. The number of carboxylic acids is 1. The summed E-state index contributed by atoms with van der Waals surface area (Å²) < 4.78 is 43.8. The van der Waals surface area contributed by atoms with Crippen molar-refractivity contribution >= 4 is 18.2 Å². The lowest BCUT2D eigenvalue weighted by Crippen LogP contribution is -3.04. The first-order valence-electron chi connectivity index (χ1n) is 19.9. The molecular weight excluding hydrogens is 792 g/mol. The van der Waals surface area contributed by atoms with Gasteiger partial charge in [-0.1, -0.05) is 48.2 Å². The molecule has 1 saturated heterocycles. The molecule has 9 N–H and O–H groups in total. The average Bonchev–Trinajstić information content (AvgIpc) is 3.95. The van der Waals surface area contributed by atoms with Crippen molar-refractivity contribution in [2.45, 2.75) is 86.4 Å². The van der Waals surface area contributed by atoms with Gasteiger partial charge in [0.25, 0.3) is 0 Å². The van der Waals surface area contributed by atoms with Crippen LogP contribution in [0.15, 0.2) is 83.1 Å². The first-order chi connectivity index (χ1) is 29.5. The molecule has 6 heterocycles. The zero-order chi connectivity index (χ0) is 42.5. The Morgan fingerprint density at radius 2 is 1.85 bits per heavy atom. The molecule has 6 aliphatic heterocycles. The second kappa shape index (κ2) is 16.5. The summed E-state index contributed by atoms with van der Waals surface area (Å²) in [4.78, 5) is 29.1. The number of methoxy groups -OCH3 is 1. The molecule has 318 valence electrons. The van der Waals surface area contributed by atoms with Crippen LogP contribution in [0.1, 0.15) is 53.0 Å². The van der Waals surface area contributed by atoms with Crippen molar-refractivity contribution in [3.05, 3.63) is 100 Å². The summed E-state index contributed by atoms with van der Waals surface area (Å²) in [5.41, 5.74) is 17.1. The van der Waals surface area contributed by atoms with Gasteiger partial charge in [-0.25, -0.2) is 0 Å². The third kappa shape index (κ3) is 7.57. The van der Waals surface area contributed by atoms with E-state index in [1.54, 1.807) is 25.5 Å². The maximum absolute atomic E-state index is 12.4. The highest BCUT2D eigenvalue weighted by atomic mass is 16.7. The van der Waals surface area contributed by atoms with Crippen LogP contribution in [0.2, 0.25) is 0 Å². The average molecular weight is 838 g/mol. The van der Waals surface area contributed by atoms with Crippen molar-refractivity contribution in [2.24, 2.45) is 16.5 Å². The number of carbonyl (C=O) groups excluding carboxylic acids is 1. The van der Waals surface area contributed by atoms with Gasteiger partial charge in [-0.3, -0.25) is 19.5 Å². The summed E-state index contributed by atoms with van der Waals surface area (Å²) in [6.45, 7) is 1.39. The molecule has 0 radical (unpaired) electrons. The molecule has 0 saturated carbocycles. The van der Waals surface area contributed by atoms with Crippen LogP contribution < -0.4 is 40.1 Å². The Bertz CT molecular complexity index is 2370. The van der Waals surface area contributed by atoms with Crippen LogP contribution in [0.5, 0.6) is 28.7 Å². The fraction of sp³-hybridized carbons (Fsp3) is 0.386. The monoisotopic (exact) mass is 837 g/mol. The Morgan fingerprint density at radius 3 is 2.61 bits per heavy atom. The number of hydrogen-bond donors (Lipinski definition) is 7. The molecule has 11 atom stereocenters. The van der Waals surface area contributed by atoms with Gasteiger partial charge in [0.1, 0.15) is 79.5 Å². The van der Waals surface area contributed by atoms with Crippen molar-refractivity contribution in [3.8, 4) is 40.6 Å². The third-order valence-corrected chi connectivity index (χ3v) is 11.7. The fourth-order valence-corrected chi connectivity index (χ4v) is 8.94. The summed E-state index contributed by atoms with van der Waals surface area (Å²) in [6.07, 6.45) is -8.02. The number of aliphatic hydroxyl groups excluding tert-OH is 3. The predicted octanol–water partition coefficient (Wildman–Crippen LogP) is 0.310. The normalized spacial score (nSPS) is 29.5. The van der Waals surface area contributed by atoms with Gasteiger partial charge in [-0.15, -0.1) is 0 Å². The number of benzene rings is 3. The van der Waals surface area contributed by atoms with Gasteiger partial charge in [0.2, 0.25) is 12.0 Å². The minimum Gasteiger partial charge on any atom is -0.493 e. The Kier molecular flexibility index (Phi) is 10.9. The molecule has 6 aliphatic rings. The van der Waals surface area contributed by atoms with E-state index in [0.717, 1.165) is 38.4 Å². The number of esters is 1. The van der Waals surface area contributed by atoms with Crippen molar-refractivity contribution in [3.63, 3.8) is 0 Å². The van der Waals surface area contributed by atoms with Crippen molar-refractivity contribution < 1.29 is 68.1 Å². The smallest absolute Gasteiger partial charge is 0.317 e. The maximum Gasteiger partial charge on any atom is 0.317 e. The van der Waals surface area contributed by atoms with E-state index < -0.39 is 79.5 Å². The Labute approximate surface area is 349 Å². The number of fused-ring (bicyclic) bond motifs is 3. The van der Waals surface area contributed by atoms with E-state index in [2.05, 4.69) is 16.8 Å². The topological polar surface area (TPSA) is 249 Å². The van der Waals surface area contributed by atoms with Crippen molar-refractivity contribution in [1.82, 2.24) is 0 Å². The van der Waals surface area contributed by atoms with E-state index in [-0.39, 0.29) is 11.7 Å². The lowest BCUT2D eigenvalue weighted by atomic mass is 9.76. The highest BCUT2D eigenvalue weighted by molar-refractivity contribution is 5.90. The first kappa shape index (κ1) is 40.4. The predicted molar refractivity (Wildman–Crippen MR) is 213 cm³/mol. The number of allylic oxidation sites excluding steroid dienone is 1. The standard InChI is InChI=1S/C44H44N4O13/c1-55-28-11-10-26-33-37-25(21-7-3-2-4-8-21)9-5-6-14-56-39(28)38(26)60-40(33)32-23(19-48-18-22-12-13-47-27(22)20-48)15-24(16-29(32)58-37)57-44-36(54)34(52)35(53)41(61-44)42(43(45)46)59-31(51)17-30(49)50/h2-4,7-8,10-13,15-16,20,25,33-37,40-44,52-54H,6,14,17-19,45-46H2,1H3,(H,49,50)/p+1. The summed E-state index contributed by atoms with van der Waals surface area (Å²) in [7, 11) is 1.58. The largest absolute Gasteiger partial charge is 0.493 e. The van der Waals surface area contributed by atoms with Crippen LogP contribution in [0, 0.1) is 11.8 Å². The molecule has 0 aromatic heterocycles. The molecule has 3 aromatic carbocycles. The summed E-state index contributed by atoms with van der Waals surface area (Å²) in [6, 6.07) is 17.2. The van der Waals surface area contributed by atoms with Crippen molar-refractivity contribution in [1.29, 1.82) is 0 Å². The Balaban J connectivity index is 1.14. The number of carbonyl (C=O) groups is 2. The number of quaternary nitrogens is 1. The van der Waals surface area contributed by atoms with E-state index in [0.29, 0.717) is 49.1 Å². The van der Waals surface area contributed by atoms with Crippen LogP contribution in [-0.4, -0.2) is 108 Å². The SMILES string of the molecule is COc1ccc2c3c1OCCC#CC(c1ccccc1)C1Oc4cc(OC5OC(C(OC(=O)CC(=O)O)C(N)N)C(O)C(O)C5O)cc(C[NH+]5C=C6N=CC=C6C5)c4C(O3)C21. The summed E-state index contributed by atoms with van der Waals surface area (Å²) >= 11 is 0. The van der Waals surface area contributed by atoms with E-state index in [1.165, 1.54) is 0 Å². The van der Waals surface area contributed by atoms with Gasteiger partial charge in [0, 0.05) is 41.0 Å². The zero-order valence-electron chi connectivity index (χ0n) is 32.9. The van der Waals surface area contributed by atoms with Gasteiger partial charge in [-0.05, 0) is 23.8 Å². The number of nitrogens with two attached hydrogens (primary N) is 2. The summed E-state index contributed by atoms with van der Waals surface area (Å²) in [5, 5.41) is 42.4. The molecule has 0 aliphatic carbocycles. The number of rotatable bonds is 11. The molecule has 4 bridgehead atoms. The Morgan fingerprint density at radius 1 is 1.03 bits per heavy atom. The number of ether oxygens (including phenoxy) is 7. The van der Waals surface area contributed by atoms with E-state index in [4.69, 9.17) is 49.7 Å². The molecule has 1 fully saturated rings. The number of nitrogens with zero attached hydrogens (tertiary/aromatic N) is 1. The molecule has 9 rings (SSSR count). The first-order valence-corrected chi connectivity index (χ1v) is 19.9. The van der Waals surface area contributed by atoms with Gasteiger partial charge in [0.05, 0.1) is 31.7 Å². The molecule has 11 unspecified atom stereocenters. The second-order valence-electron chi connectivity index (χ2n) is 15.6. The van der Waals surface area contributed by atoms with E-state index in [1.807, 2.05) is 54.7 Å². The number of carboxylic acid groups (broad SMARTS) is 1. The molecule has 17 heteroatoms. The van der Waals surface area contributed by atoms with Gasteiger partial charge in [-0.2, -0.15) is 0 Å². The summed E-state index contributed by atoms with van der Waals surface area (Å²) in [5.74, 6) is 5.45. The number of aliphatic carboxylic acids is 1. The lowest BCUT2D eigenvalue weighted by molar-refractivity contribution is -0.851. The molecule has 3 aromatic rings. The minimum atomic E-state index is -1.89. The van der Waals surface area contributed by atoms with Crippen LogP contribution in [-0.2, 0) is 25.6 Å². The van der Waals surface area contributed by atoms with Crippen LogP contribution in [0.4, 0.5) is 0 Å². The molecule has 0 spiro atoms. The number of aliphatic imine (C=N–C) groups is 1. The van der Waals surface area contributed by atoms with Crippen LogP contribution in [0.25, 0.3) is 0 Å². The Hall–Kier alpha value is -5.97. The molecule has 61 heavy (non-hydrogen) atoms. The van der Waals surface area contributed by atoms with Crippen molar-refractivity contribution in [2.75, 3.05) is 20.3 Å². The lowest BCUT2D eigenvalue weighted by Gasteiger charge is -2.43. The molecular formula is C44H45N4O13+. The highest BCUT2D eigenvalue weighted by Gasteiger charge is 2.53. The number of nitrogens with one attached hydrogen (secondary N) is 1. The highest BCUT2D eigenvalue weighted by Crippen LogP contribution is 2.60.